The summed E-state index contributed by atoms with van der Waals surface area (Å²) in [5.41, 5.74) is 9.31. The number of carboxylic acid groups (broad SMARTS) is 1. The van der Waals surface area contributed by atoms with Gasteiger partial charge in [-0.05, 0) is 32.3 Å². The van der Waals surface area contributed by atoms with Crippen LogP contribution in [0.1, 0.15) is 47.0 Å². The van der Waals surface area contributed by atoms with Gasteiger partial charge in [-0.25, -0.2) is 9.59 Å². The third-order valence-corrected chi connectivity index (χ3v) is 3.19. The Balaban J connectivity index is 5.70. The number of nitrogens with one attached hydrogen (secondary N) is 1. The van der Waals surface area contributed by atoms with Crippen LogP contribution < -0.4 is 16.8 Å². The van der Waals surface area contributed by atoms with E-state index < -0.39 is 42.3 Å². The number of amides is 3. The average Bonchev–Trinajstić information content (AvgIpc) is 2.60. The molecular weight excluding hydrogens is 402 g/mol. The summed E-state index contributed by atoms with van der Waals surface area (Å²) in [6.45, 7) is 5.62. The monoisotopic (exact) mass is 433 g/mol. The van der Waals surface area contributed by atoms with Gasteiger partial charge < -0.3 is 36.2 Å². The zero-order chi connectivity index (χ0) is 23.3. The van der Waals surface area contributed by atoms with Crippen molar-refractivity contribution in [2.24, 2.45) is 16.6 Å². The Kier molecular flexibility index (Phi) is 11.6. The topological polar surface area (TPSA) is 196 Å². The molecule has 0 radical (unpaired) electrons. The van der Waals surface area contributed by atoms with Gasteiger partial charge >= 0.3 is 18.2 Å². The molecule has 0 spiro atoms. The lowest BCUT2D eigenvalue weighted by atomic mass is 10.1. The first kappa shape index (κ1) is 26.8. The molecular formula is C17H31N5O8. The van der Waals surface area contributed by atoms with Crippen molar-refractivity contribution in [2.75, 3.05) is 19.8 Å². The predicted octanol–water partition coefficient (Wildman–Crippen LogP) is 0.325. The second-order valence-electron chi connectivity index (χ2n) is 7.08. The smallest absolute Gasteiger partial charge is 0.420 e. The quantitative estimate of drug-likeness (QED) is 0.152. The molecule has 0 aromatic carbocycles. The van der Waals surface area contributed by atoms with Gasteiger partial charge in [-0.3, -0.25) is 9.59 Å². The molecule has 3 amide bonds. The molecule has 172 valence electrons. The lowest BCUT2D eigenvalue weighted by Crippen LogP contribution is -2.54. The maximum atomic E-state index is 12.7. The summed E-state index contributed by atoms with van der Waals surface area (Å²) in [4.78, 5) is 53.9. The number of nitrogens with zero attached hydrogens (tertiary/aromatic N) is 2. The highest BCUT2D eigenvalue weighted by atomic mass is 16.6. The van der Waals surface area contributed by atoms with Gasteiger partial charge in [0.2, 0.25) is 11.9 Å². The highest BCUT2D eigenvalue weighted by Gasteiger charge is 2.39. The number of imide groups is 1. The summed E-state index contributed by atoms with van der Waals surface area (Å²) in [6, 6.07) is -1.50. The number of rotatable bonds is 11. The number of hydrogen-bond acceptors (Lipinski definition) is 8. The Morgan fingerprint density at radius 2 is 1.77 bits per heavy atom. The first-order valence-corrected chi connectivity index (χ1v) is 9.28. The Bertz CT molecular complexity index is 628. The molecule has 6 N–H and O–H groups in total. The molecule has 0 bridgehead atoms. The maximum Gasteiger partial charge on any atom is 0.420 e. The molecule has 1 atom stereocenters. The number of nitrogens with two attached hydrogens (primary N) is 2. The van der Waals surface area contributed by atoms with Crippen LogP contribution in [0.25, 0.3) is 0 Å². The number of oxime groups is 1. The van der Waals surface area contributed by atoms with Gasteiger partial charge in [0.1, 0.15) is 24.8 Å². The molecule has 13 heteroatoms. The third kappa shape index (κ3) is 11.6. The molecule has 0 aliphatic heterocycles. The van der Waals surface area contributed by atoms with Crippen molar-refractivity contribution >= 4 is 30.0 Å². The van der Waals surface area contributed by atoms with Gasteiger partial charge in [-0.15, -0.1) is 0 Å². The summed E-state index contributed by atoms with van der Waals surface area (Å²) < 4.78 is 10.3. The van der Waals surface area contributed by atoms with Crippen molar-refractivity contribution in [1.82, 2.24) is 10.2 Å². The largest absolute Gasteiger partial charge is 0.480 e. The molecule has 0 saturated carbocycles. The van der Waals surface area contributed by atoms with Crippen molar-refractivity contribution in [3.8, 4) is 0 Å². The van der Waals surface area contributed by atoms with E-state index in [0.29, 0.717) is 11.3 Å². The third-order valence-electron chi connectivity index (χ3n) is 3.19. The number of hydrogen-bond donors (Lipinski definition) is 4. The Hall–Kier alpha value is -3.25. The predicted molar refractivity (Wildman–Crippen MR) is 105 cm³/mol. The summed E-state index contributed by atoms with van der Waals surface area (Å²) >= 11 is 0. The van der Waals surface area contributed by atoms with Crippen LogP contribution in [0.15, 0.2) is 5.16 Å². The van der Waals surface area contributed by atoms with E-state index in [2.05, 4.69) is 10.5 Å². The summed E-state index contributed by atoms with van der Waals surface area (Å²) in [6.07, 6.45) is -1.24. The van der Waals surface area contributed by atoms with Gasteiger partial charge in [-0.1, -0.05) is 13.3 Å². The van der Waals surface area contributed by atoms with Gasteiger partial charge in [0, 0.05) is 6.42 Å². The molecule has 0 aromatic heterocycles. The molecule has 0 aliphatic carbocycles. The fourth-order valence-corrected chi connectivity index (χ4v) is 1.96. The van der Waals surface area contributed by atoms with Crippen LogP contribution in [-0.4, -0.2) is 71.4 Å². The van der Waals surface area contributed by atoms with E-state index in [0.717, 1.165) is 6.42 Å². The second-order valence-corrected chi connectivity index (χ2v) is 7.08. The van der Waals surface area contributed by atoms with Crippen molar-refractivity contribution in [1.29, 1.82) is 0 Å². The van der Waals surface area contributed by atoms with E-state index in [9.17, 15) is 19.2 Å². The molecule has 30 heavy (non-hydrogen) atoms. The van der Waals surface area contributed by atoms with E-state index in [4.69, 9.17) is 30.9 Å². The normalized spacial score (nSPS) is 11.6. The average molecular weight is 433 g/mol. The Morgan fingerprint density at radius 3 is 2.27 bits per heavy atom. The van der Waals surface area contributed by atoms with E-state index in [1.807, 2.05) is 6.92 Å². The number of aliphatic carboxylic acids is 1. The minimum atomic E-state index is -1.50. The van der Waals surface area contributed by atoms with E-state index in [-0.39, 0.29) is 25.6 Å². The number of carbonyl (C=O) groups excluding carboxylic acids is 3. The SMILES string of the molecule is CCCCOC(=O)N(C(=O)OC(C)(C)C)[C@@H](CCON=C(N)N)C(=O)NCC(=O)O. The number of ether oxygens (including phenoxy) is 2. The zero-order valence-electron chi connectivity index (χ0n) is 17.7. The second kappa shape index (κ2) is 13.1. The number of carboxylic acids is 1. The number of guanidine groups is 1. The summed E-state index contributed by atoms with van der Waals surface area (Å²) in [7, 11) is 0. The minimum absolute atomic E-state index is 0.0165. The van der Waals surface area contributed by atoms with Crippen LogP contribution in [0.2, 0.25) is 0 Å². The van der Waals surface area contributed by atoms with E-state index in [1.54, 1.807) is 20.8 Å². The van der Waals surface area contributed by atoms with E-state index in [1.165, 1.54) is 0 Å². The van der Waals surface area contributed by atoms with E-state index >= 15 is 0 Å². The molecule has 0 rings (SSSR count). The molecule has 0 unspecified atom stereocenters. The van der Waals surface area contributed by atoms with Gasteiger partial charge in [0.15, 0.2) is 0 Å². The van der Waals surface area contributed by atoms with Crippen LogP contribution in [0.3, 0.4) is 0 Å². The summed E-state index contributed by atoms with van der Waals surface area (Å²) in [5, 5.41) is 14.2. The lowest BCUT2D eigenvalue weighted by molar-refractivity contribution is -0.138. The standard InChI is InChI=1S/C17H31N5O8/c1-5-6-8-28-15(26)22(16(27)30-17(2,3)4)11(7-9-29-21-14(18)19)13(25)20-10-12(23)24/h11H,5-10H2,1-4H3,(H,20,25)(H,23,24)(H4,18,19,21)/t11-/m0/s1. The van der Waals surface area contributed by atoms with Gasteiger partial charge in [-0.2, -0.15) is 4.90 Å². The maximum absolute atomic E-state index is 12.7. The highest BCUT2D eigenvalue weighted by Crippen LogP contribution is 2.16. The van der Waals surface area contributed by atoms with Crippen LogP contribution in [0.5, 0.6) is 0 Å². The molecule has 0 saturated heterocycles. The molecule has 0 fully saturated rings. The minimum Gasteiger partial charge on any atom is -0.480 e. The van der Waals surface area contributed by atoms with Crippen molar-refractivity contribution < 1.29 is 38.6 Å². The first-order valence-electron chi connectivity index (χ1n) is 9.28. The Morgan fingerprint density at radius 1 is 1.13 bits per heavy atom. The van der Waals surface area contributed by atoms with Crippen LogP contribution in [-0.2, 0) is 23.9 Å². The van der Waals surface area contributed by atoms with Crippen molar-refractivity contribution in [3.05, 3.63) is 0 Å². The summed E-state index contributed by atoms with van der Waals surface area (Å²) in [5.74, 6) is -2.61. The van der Waals surface area contributed by atoms with Crippen LogP contribution in [0, 0.1) is 0 Å². The molecule has 13 nitrogen and oxygen atoms in total. The molecule has 0 aromatic rings. The number of carbonyl (C=O) groups is 4. The van der Waals surface area contributed by atoms with Crippen molar-refractivity contribution in [3.63, 3.8) is 0 Å². The first-order chi connectivity index (χ1) is 13.9. The zero-order valence-corrected chi connectivity index (χ0v) is 17.7. The Labute approximate surface area is 174 Å². The lowest BCUT2D eigenvalue weighted by Gasteiger charge is -2.30. The van der Waals surface area contributed by atoms with Crippen LogP contribution >= 0.6 is 0 Å². The highest BCUT2D eigenvalue weighted by molar-refractivity contribution is 5.96. The fraction of sp³-hybridized carbons (Fsp3) is 0.706. The molecule has 0 aliphatic rings. The van der Waals surface area contributed by atoms with Gasteiger partial charge in [0.25, 0.3) is 0 Å². The number of unbranched alkanes of at least 4 members (excludes halogenated alkanes) is 1. The van der Waals surface area contributed by atoms with Crippen LogP contribution in [0.4, 0.5) is 9.59 Å². The molecule has 0 heterocycles. The van der Waals surface area contributed by atoms with Crippen molar-refractivity contribution in [2.45, 2.75) is 58.6 Å². The fourth-order valence-electron chi connectivity index (χ4n) is 1.96. The van der Waals surface area contributed by atoms with Gasteiger partial charge in [0.05, 0.1) is 6.61 Å².